The fraction of sp³-hybridized carbons (Fsp3) is 0.875. The zero-order chi connectivity index (χ0) is 14.0. The Hall–Kier alpha value is -0.0831. The second-order valence-corrected chi connectivity index (χ2v) is 12.1. The van der Waals surface area contributed by atoms with E-state index in [4.69, 9.17) is 0 Å². The van der Waals surface area contributed by atoms with Gasteiger partial charge in [0.1, 0.15) is 0 Å². The van der Waals surface area contributed by atoms with Crippen LogP contribution in [0.3, 0.4) is 0 Å². The zero-order valence-corrected chi connectivity index (χ0v) is 14.3. The van der Waals surface area contributed by atoms with Gasteiger partial charge < -0.3 is 5.11 Å². The normalized spacial score (nSPS) is 14.9. The first-order chi connectivity index (χ1) is 8.40. The highest BCUT2D eigenvalue weighted by molar-refractivity contribution is 6.76. The summed E-state index contributed by atoms with van der Waals surface area (Å²) >= 11 is 0. The first kappa shape index (κ1) is 17.9. The van der Waals surface area contributed by atoms with E-state index in [-0.39, 0.29) is 6.10 Å². The summed E-state index contributed by atoms with van der Waals surface area (Å²) in [5.41, 5.74) is 1.33. The van der Waals surface area contributed by atoms with Gasteiger partial charge in [0.15, 0.2) is 0 Å². The van der Waals surface area contributed by atoms with Crippen molar-refractivity contribution in [2.24, 2.45) is 0 Å². The van der Waals surface area contributed by atoms with Crippen molar-refractivity contribution in [2.75, 3.05) is 0 Å². The third-order valence-corrected chi connectivity index (χ3v) is 4.68. The number of hydrogen-bond acceptors (Lipinski definition) is 1. The molecule has 1 unspecified atom stereocenters. The molecule has 0 saturated heterocycles. The van der Waals surface area contributed by atoms with Gasteiger partial charge in [-0.15, -0.1) is 0 Å². The molecule has 0 heterocycles. The van der Waals surface area contributed by atoms with E-state index in [1.165, 1.54) is 31.3 Å². The van der Waals surface area contributed by atoms with E-state index in [2.05, 4.69) is 39.6 Å². The Kier molecular flexibility index (Phi) is 9.75. The number of unbranched alkanes of at least 4 members (excludes halogenated alkanes) is 4. The highest BCUT2D eigenvalue weighted by Gasteiger charge is 2.19. The largest absolute Gasteiger partial charge is 0.389 e. The molecule has 0 saturated carbocycles. The topological polar surface area (TPSA) is 20.2 Å². The third-order valence-electron chi connectivity index (χ3n) is 3.21. The van der Waals surface area contributed by atoms with Gasteiger partial charge in [-0.2, -0.15) is 0 Å². The maximum absolute atomic E-state index is 10.4. The molecule has 1 N–H and O–H groups in total. The predicted octanol–water partition coefficient (Wildman–Crippen LogP) is 5.38. The van der Waals surface area contributed by atoms with Gasteiger partial charge in [0.2, 0.25) is 0 Å². The lowest BCUT2D eigenvalue weighted by Gasteiger charge is -2.22. The lowest BCUT2D eigenvalue weighted by molar-refractivity contribution is 0.195. The van der Waals surface area contributed by atoms with Crippen molar-refractivity contribution in [3.8, 4) is 0 Å². The molecule has 108 valence electrons. The van der Waals surface area contributed by atoms with E-state index in [1.807, 2.05) is 0 Å². The highest BCUT2D eigenvalue weighted by atomic mass is 28.3. The van der Waals surface area contributed by atoms with Crippen molar-refractivity contribution in [3.63, 3.8) is 0 Å². The van der Waals surface area contributed by atoms with Crippen LogP contribution in [0, 0.1) is 0 Å². The molecule has 0 fully saturated rings. The molecule has 0 rings (SSSR count). The van der Waals surface area contributed by atoms with Crippen LogP contribution in [0.5, 0.6) is 0 Å². The summed E-state index contributed by atoms with van der Waals surface area (Å²) in [6.45, 7) is 11.6. The standard InChI is InChI=1S/C16H34OSi/c1-6-8-10-12-15(14-18(3,4)5)16(17)13-11-9-7-2/h12,16-17H,6-11,13-14H2,1-5H3/b15-12+. The van der Waals surface area contributed by atoms with Crippen LogP contribution in [0.25, 0.3) is 0 Å². The number of aliphatic hydroxyl groups excluding tert-OH is 1. The van der Waals surface area contributed by atoms with Crippen molar-refractivity contribution in [2.45, 2.75) is 90.6 Å². The van der Waals surface area contributed by atoms with Gasteiger partial charge >= 0.3 is 0 Å². The van der Waals surface area contributed by atoms with Crippen molar-refractivity contribution in [1.29, 1.82) is 0 Å². The molecule has 0 aromatic carbocycles. The molecule has 0 bridgehead atoms. The van der Waals surface area contributed by atoms with Crippen LogP contribution in [0.15, 0.2) is 11.6 Å². The Bertz CT molecular complexity index is 228. The quantitative estimate of drug-likeness (QED) is 0.321. The maximum atomic E-state index is 10.4. The van der Waals surface area contributed by atoms with Gasteiger partial charge in [-0.3, -0.25) is 0 Å². The molecule has 0 aromatic heterocycles. The second-order valence-electron chi connectivity index (χ2n) is 6.67. The molecule has 0 amide bonds. The summed E-state index contributed by atoms with van der Waals surface area (Å²) < 4.78 is 0. The SMILES string of the molecule is CCCC/C=C(\C[Si](C)(C)C)C(O)CCCCC. The first-order valence-corrected chi connectivity index (χ1v) is 11.5. The Morgan fingerprint density at radius 1 is 1.06 bits per heavy atom. The number of hydrogen-bond donors (Lipinski definition) is 1. The van der Waals surface area contributed by atoms with Crippen LogP contribution in [-0.2, 0) is 0 Å². The minimum absolute atomic E-state index is 0.180. The zero-order valence-electron chi connectivity index (χ0n) is 13.3. The average molecular weight is 271 g/mol. The number of rotatable bonds is 10. The summed E-state index contributed by atoms with van der Waals surface area (Å²) in [6.07, 6.45) is 10.4. The smallest absolute Gasteiger partial charge is 0.0747 e. The molecule has 0 radical (unpaired) electrons. The molecule has 0 aromatic rings. The van der Waals surface area contributed by atoms with Crippen LogP contribution >= 0.6 is 0 Å². The van der Waals surface area contributed by atoms with Gasteiger partial charge in [0, 0.05) is 8.07 Å². The maximum Gasteiger partial charge on any atom is 0.0747 e. The summed E-state index contributed by atoms with van der Waals surface area (Å²) in [6, 6.07) is 1.16. The van der Waals surface area contributed by atoms with E-state index in [1.54, 1.807) is 0 Å². The lowest BCUT2D eigenvalue weighted by atomic mass is 10.0. The van der Waals surface area contributed by atoms with Crippen molar-refractivity contribution >= 4 is 8.07 Å². The van der Waals surface area contributed by atoms with Crippen LogP contribution in [0.2, 0.25) is 25.7 Å². The van der Waals surface area contributed by atoms with Crippen LogP contribution in [-0.4, -0.2) is 19.3 Å². The molecule has 1 atom stereocenters. The Morgan fingerprint density at radius 2 is 1.67 bits per heavy atom. The summed E-state index contributed by atoms with van der Waals surface area (Å²) in [5.74, 6) is 0. The minimum atomic E-state index is -1.12. The molecule has 0 spiro atoms. The summed E-state index contributed by atoms with van der Waals surface area (Å²) in [4.78, 5) is 0. The van der Waals surface area contributed by atoms with E-state index in [9.17, 15) is 5.11 Å². The molecule has 0 aliphatic heterocycles. The van der Waals surface area contributed by atoms with Gasteiger partial charge in [0.25, 0.3) is 0 Å². The molecule has 18 heavy (non-hydrogen) atoms. The fourth-order valence-electron chi connectivity index (χ4n) is 2.20. The van der Waals surface area contributed by atoms with E-state index in [0.717, 1.165) is 25.3 Å². The predicted molar refractivity (Wildman–Crippen MR) is 85.9 cm³/mol. The second kappa shape index (κ2) is 9.80. The molecule has 2 heteroatoms. The molecular weight excluding hydrogens is 236 g/mol. The molecule has 1 nitrogen and oxygen atoms in total. The van der Waals surface area contributed by atoms with E-state index < -0.39 is 8.07 Å². The highest BCUT2D eigenvalue weighted by Crippen LogP contribution is 2.23. The Balaban J connectivity index is 4.39. The molecule has 0 aliphatic rings. The average Bonchev–Trinajstić information content (AvgIpc) is 2.26. The lowest BCUT2D eigenvalue weighted by Crippen LogP contribution is -2.24. The van der Waals surface area contributed by atoms with Crippen LogP contribution < -0.4 is 0 Å². The van der Waals surface area contributed by atoms with Crippen LogP contribution in [0.1, 0.15) is 58.8 Å². The number of allylic oxidation sites excluding steroid dienone is 1. The van der Waals surface area contributed by atoms with E-state index in [0.29, 0.717) is 0 Å². The minimum Gasteiger partial charge on any atom is -0.389 e. The summed E-state index contributed by atoms with van der Waals surface area (Å²) in [5, 5.41) is 10.4. The van der Waals surface area contributed by atoms with Crippen LogP contribution in [0.4, 0.5) is 0 Å². The fourth-order valence-corrected chi connectivity index (χ4v) is 3.81. The van der Waals surface area contributed by atoms with Gasteiger partial charge in [-0.05, 0) is 24.5 Å². The van der Waals surface area contributed by atoms with Gasteiger partial charge in [0.05, 0.1) is 6.10 Å². The monoisotopic (exact) mass is 270 g/mol. The van der Waals surface area contributed by atoms with Gasteiger partial charge in [-0.25, -0.2) is 0 Å². The summed E-state index contributed by atoms with van der Waals surface area (Å²) in [7, 11) is -1.12. The first-order valence-electron chi connectivity index (χ1n) is 7.77. The van der Waals surface area contributed by atoms with Gasteiger partial charge in [-0.1, -0.05) is 71.7 Å². The molecule has 0 aliphatic carbocycles. The molecular formula is C16H34OSi. The third kappa shape index (κ3) is 9.90. The van der Waals surface area contributed by atoms with Crippen molar-refractivity contribution < 1.29 is 5.11 Å². The Labute approximate surface area is 116 Å². The van der Waals surface area contributed by atoms with Crippen molar-refractivity contribution in [1.82, 2.24) is 0 Å². The Morgan fingerprint density at radius 3 is 2.17 bits per heavy atom. The number of aliphatic hydroxyl groups is 1. The van der Waals surface area contributed by atoms with Crippen molar-refractivity contribution in [3.05, 3.63) is 11.6 Å². The van der Waals surface area contributed by atoms with E-state index >= 15 is 0 Å².